The number of Topliss-reactive ketones (excluding diaryl/α,β-unsaturated/α-hetero) is 1. The van der Waals surface area contributed by atoms with E-state index in [1.165, 1.54) is 19.2 Å². The Hall–Kier alpha value is -2.66. The Bertz CT molecular complexity index is 737. The number of hydrogen-bond acceptors (Lipinski definition) is 5. The molecule has 118 valence electrons. The van der Waals surface area contributed by atoms with Crippen LogP contribution in [0.25, 0.3) is 0 Å². The van der Waals surface area contributed by atoms with E-state index >= 15 is 0 Å². The molecule has 6 heteroatoms. The Morgan fingerprint density at radius 3 is 2.04 bits per heavy atom. The molecular weight excluding hydrogens is 320 g/mol. The molecule has 0 atom stereocenters. The highest BCUT2D eigenvalue weighted by molar-refractivity contribution is 6.30. The lowest BCUT2D eigenvalue weighted by Gasteiger charge is -2.08. The first kappa shape index (κ1) is 16.7. The summed E-state index contributed by atoms with van der Waals surface area (Å²) in [4.78, 5) is 35.6. The van der Waals surface area contributed by atoms with E-state index in [-0.39, 0.29) is 16.9 Å². The van der Waals surface area contributed by atoms with Gasteiger partial charge in [-0.05, 0) is 36.4 Å². The molecule has 0 amide bonds. The molecule has 2 aromatic carbocycles. The minimum absolute atomic E-state index is 0.0447. The lowest BCUT2D eigenvalue weighted by molar-refractivity contribution is 0.0463. The van der Waals surface area contributed by atoms with E-state index in [0.717, 1.165) is 0 Å². The SMILES string of the molecule is COC(=O)c1ccccc1C(=O)OCC(=O)c1ccc(Cl)cc1. The van der Waals surface area contributed by atoms with Crippen LogP contribution in [0, 0.1) is 0 Å². The highest BCUT2D eigenvalue weighted by atomic mass is 35.5. The fourth-order valence-corrected chi connectivity index (χ4v) is 2.00. The molecule has 0 aliphatic rings. The van der Waals surface area contributed by atoms with Gasteiger partial charge in [-0.25, -0.2) is 9.59 Å². The molecule has 5 nitrogen and oxygen atoms in total. The number of hydrogen-bond donors (Lipinski definition) is 0. The van der Waals surface area contributed by atoms with Crippen molar-refractivity contribution in [2.45, 2.75) is 0 Å². The monoisotopic (exact) mass is 332 g/mol. The quantitative estimate of drug-likeness (QED) is 0.621. The number of ether oxygens (including phenoxy) is 2. The molecule has 2 rings (SSSR count). The summed E-state index contributed by atoms with van der Waals surface area (Å²) in [6.07, 6.45) is 0. The van der Waals surface area contributed by atoms with Gasteiger partial charge in [-0.15, -0.1) is 0 Å². The van der Waals surface area contributed by atoms with Crippen molar-refractivity contribution in [3.63, 3.8) is 0 Å². The molecular formula is C17H13ClO5. The molecule has 2 aromatic rings. The maximum absolute atomic E-state index is 12.1. The summed E-state index contributed by atoms with van der Waals surface area (Å²) in [5.74, 6) is -1.79. The van der Waals surface area contributed by atoms with Crippen LogP contribution in [0.5, 0.6) is 0 Å². The Kier molecular flexibility index (Phi) is 5.49. The van der Waals surface area contributed by atoms with Gasteiger partial charge in [0.1, 0.15) is 0 Å². The van der Waals surface area contributed by atoms with Crippen molar-refractivity contribution in [2.75, 3.05) is 13.7 Å². The molecule has 0 heterocycles. The summed E-state index contributed by atoms with van der Waals surface area (Å²) < 4.78 is 9.59. The molecule has 0 aromatic heterocycles. The van der Waals surface area contributed by atoms with Crippen molar-refractivity contribution in [3.05, 3.63) is 70.2 Å². The average molecular weight is 333 g/mol. The smallest absolute Gasteiger partial charge is 0.339 e. The summed E-state index contributed by atoms with van der Waals surface area (Å²) >= 11 is 5.74. The van der Waals surface area contributed by atoms with Crippen molar-refractivity contribution in [2.24, 2.45) is 0 Å². The van der Waals surface area contributed by atoms with Crippen LogP contribution in [-0.4, -0.2) is 31.4 Å². The molecule has 0 bridgehead atoms. The summed E-state index contributed by atoms with van der Waals surface area (Å²) in [5.41, 5.74) is 0.505. The van der Waals surface area contributed by atoms with Gasteiger partial charge in [-0.1, -0.05) is 23.7 Å². The second kappa shape index (κ2) is 7.56. The Morgan fingerprint density at radius 1 is 0.913 bits per heavy atom. The molecule has 0 aliphatic carbocycles. The van der Waals surface area contributed by atoms with Crippen LogP contribution in [0.15, 0.2) is 48.5 Å². The number of rotatable bonds is 5. The first-order valence-electron chi connectivity index (χ1n) is 6.66. The number of ketones is 1. The van der Waals surface area contributed by atoms with Gasteiger partial charge in [0.05, 0.1) is 18.2 Å². The van der Waals surface area contributed by atoms with E-state index in [0.29, 0.717) is 10.6 Å². The van der Waals surface area contributed by atoms with E-state index < -0.39 is 18.5 Å². The number of halogens is 1. The van der Waals surface area contributed by atoms with Crippen LogP contribution in [0.2, 0.25) is 5.02 Å². The predicted molar refractivity (Wildman–Crippen MR) is 83.8 cm³/mol. The van der Waals surface area contributed by atoms with Crippen LogP contribution in [0.1, 0.15) is 31.1 Å². The van der Waals surface area contributed by atoms with E-state index in [2.05, 4.69) is 4.74 Å². The van der Waals surface area contributed by atoms with Crippen LogP contribution in [0.4, 0.5) is 0 Å². The number of esters is 2. The second-order valence-electron chi connectivity index (χ2n) is 4.54. The van der Waals surface area contributed by atoms with Crippen molar-refractivity contribution in [3.8, 4) is 0 Å². The van der Waals surface area contributed by atoms with E-state index in [1.54, 1.807) is 36.4 Å². The van der Waals surface area contributed by atoms with E-state index in [4.69, 9.17) is 16.3 Å². The molecule has 0 saturated heterocycles. The zero-order valence-electron chi connectivity index (χ0n) is 12.2. The first-order chi connectivity index (χ1) is 11.0. The van der Waals surface area contributed by atoms with Crippen molar-refractivity contribution < 1.29 is 23.9 Å². The van der Waals surface area contributed by atoms with Gasteiger partial charge in [-0.2, -0.15) is 0 Å². The maximum atomic E-state index is 12.1. The average Bonchev–Trinajstić information content (AvgIpc) is 2.59. The highest BCUT2D eigenvalue weighted by Crippen LogP contribution is 2.13. The molecule has 0 N–H and O–H groups in total. The van der Waals surface area contributed by atoms with Crippen molar-refractivity contribution in [1.29, 1.82) is 0 Å². The molecule has 23 heavy (non-hydrogen) atoms. The largest absolute Gasteiger partial charge is 0.465 e. The van der Waals surface area contributed by atoms with Gasteiger partial charge in [0.15, 0.2) is 12.4 Å². The van der Waals surface area contributed by atoms with Crippen molar-refractivity contribution in [1.82, 2.24) is 0 Å². The highest BCUT2D eigenvalue weighted by Gasteiger charge is 2.19. The minimum Gasteiger partial charge on any atom is -0.465 e. The summed E-state index contributed by atoms with van der Waals surface area (Å²) in [7, 11) is 1.22. The van der Waals surface area contributed by atoms with Gasteiger partial charge in [0.2, 0.25) is 0 Å². The van der Waals surface area contributed by atoms with E-state index in [9.17, 15) is 14.4 Å². The summed E-state index contributed by atoms with van der Waals surface area (Å²) in [6, 6.07) is 12.3. The van der Waals surface area contributed by atoms with Gasteiger partial charge in [0, 0.05) is 10.6 Å². The summed E-state index contributed by atoms with van der Waals surface area (Å²) in [5, 5.41) is 0.505. The standard InChI is InChI=1S/C17H13ClO5/c1-22-16(20)13-4-2-3-5-14(13)17(21)23-10-15(19)11-6-8-12(18)9-7-11/h2-9H,10H2,1H3. The van der Waals surface area contributed by atoms with Crippen LogP contribution in [-0.2, 0) is 9.47 Å². The molecule has 0 unspecified atom stereocenters. The normalized spacial score (nSPS) is 10.0. The Labute approximate surface area is 137 Å². The van der Waals surface area contributed by atoms with Gasteiger partial charge < -0.3 is 9.47 Å². The number of carbonyl (C=O) groups is 3. The number of benzene rings is 2. The Balaban J connectivity index is 2.07. The molecule has 0 aliphatic heterocycles. The lowest BCUT2D eigenvalue weighted by atomic mass is 10.1. The minimum atomic E-state index is -0.770. The van der Waals surface area contributed by atoms with Crippen LogP contribution >= 0.6 is 11.6 Å². The predicted octanol–water partition coefficient (Wildman–Crippen LogP) is 3.17. The van der Waals surface area contributed by atoms with Crippen molar-refractivity contribution >= 4 is 29.3 Å². The lowest BCUT2D eigenvalue weighted by Crippen LogP contribution is -2.17. The molecule has 0 radical (unpaired) electrons. The van der Waals surface area contributed by atoms with Crippen LogP contribution < -0.4 is 0 Å². The van der Waals surface area contributed by atoms with Gasteiger partial charge in [-0.3, -0.25) is 4.79 Å². The first-order valence-corrected chi connectivity index (χ1v) is 7.04. The van der Waals surface area contributed by atoms with Gasteiger partial charge >= 0.3 is 11.9 Å². The third-order valence-corrected chi connectivity index (χ3v) is 3.30. The zero-order chi connectivity index (χ0) is 16.8. The third-order valence-electron chi connectivity index (χ3n) is 3.05. The maximum Gasteiger partial charge on any atom is 0.339 e. The summed E-state index contributed by atoms with van der Waals surface area (Å²) in [6.45, 7) is -0.435. The molecule has 0 saturated carbocycles. The zero-order valence-corrected chi connectivity index (χ0v) is 13.0. The Morgan fingerprint density at radius 2 is 1.48 bits per heavy atom. The number of methoxy groups -OCH3 is 1. The second-order valence-corrected chi connectivity index (χ2v) is 4.98. The van der Waals surface area contributed by atoms with Gasteiger partial charge in [0.25, 0.3) is 0 Å². The third kappa shape index (κ3) is 4.17. The van der Waals surface area contributed by atoms with E-state index in [1.807, 2.05) is 0 Å². The van der Waals surface area contributed by atoms with Crippen LogP contribution in [0.3, 0.4) is 0 Å². The topological polar surface area (TPSA) is 69.7 Å². The fourth-order valence-electron chi connectivity index (χ4n) is 1.88. The number of carbonyl (C=O) groups excluding carboxylic acids is 3. The molecule has 0 spiro atoms. The molecule has 0 fully saturated rings. The fraction of sp³-hybridized carbons (Fsp3) is 0.118.